The smallest absolute Gasteiger partial charge is 0.271 e. The summed E-state index contributed by atoms with van der Waals surface area (Å²) < 4.78 is 11.0. The fraction of sp³-hybridized carbons (Fsp3) is 0.115. The number of carbonyl (C=O) groups excluding carboxylic acids is 2. The molecule has 0 aliphatic carbocycles. The van der Waals surface area contributed by atoms with Crippen molar-refractivity contribution in [2.45, 2.75) is 13.5 Å². The maximum absolute atomic E-state index is 13.3. The van der Waals surface area contributed by atoms with E-state index in [1.54, 1.807) is 62.6 Å². The van der Waals surface area contributed by atoms with Gasteiger partial charge in [-0.3, -0.25) is 14.5 Å². The second-order valence-corrected chi connectivity index (χ2v) is 7.80. The van der Waals surface area contributed by atoms with Gasteiger partial charge in [0.2, 0.25) is 0 Å². The van der Waals surface area contributed by atoms with E-state index >= 15 is 0 Å². The molecule has 1 aliphatic heterocycles. The van der Waals surface area contributed by atoms with Gasteiger partial charge in [0.25, 0.3) is 11.8 Å². The molecule has 2 heterocycles. The maximum atomic E-state index is 13.3. The summed E-state index contributed by atoms with van der Waals surface area (Å²) in [6.45, 7) is 1.61. The van der Waals surface area contributed by atoms with E-state index in [1.165, 1.54) is 0 Å². The lowest BCUT2D eigenvalue weighted by Crippen LogP contribution is -2.42. The first-order valence-corrected chi connectivity index (χ1v) is 10.5. The van der Waals surface area contributed by atoms with Gasteiger partial charge >= 0.3 is 0 Å². The van der Waals surface area contributed by atoms with Crippen LogP contribution in [0.5, 0.6) is 5.75 Å². The highest BCUT2D eigenvalue weighted by Gasteiger charge is 2.35. The van der Waals surface area contributed by atoms with Crippen LogP contribution in [0.25, 0.3) is 17.4 Å². The Morgan fingerprint density at radius 3 is 2.45 bits per heavy atom. The zero-order valence-electron chi connectivity index (χ0n) is 18.0. The summed E-state index contributed by atoms with van der Waals surface area (Å²) in [5.41, 5.74) is 1.91. The second kappa shape index (κ2) is 9.19. The Morgan fingerprint density at radius 2 is 1.79 bits per heavy atom. The number of nitriles is 1. The molecule has 6 nitrogen and oxygen atoms in total. The van der Waals surface area contributed by atoms with E-state index in [2.05, 4.69) is 0 Å². The first-order valence-electron chi connectivity index (χ1n) is 10.1. The average Bonchev–Trinajstić information content (AvgIpc) is 3.29. The van der Waals surface area contributed by atoms with Gasteiger partial charge in [-0.2, -0.15) is 5.26 Å². The van der Waals surface area contributed by atoms with Crippen molar-refractivity contribution in [3.8, 4) is 23.1 Å². The summed E-state index contributed by atoms with van der Waals surface area (Å²) in [6, 6.07) is 19.7. The first-order chi connectivity index (χ1) is 15.9. The zero-order valence-corrected chi connectivity index (χ0v) is 18.7. The number of amides is 2. The third kappa shape index (κ3) is 4.32. The summed E-state index contributed by atoms with van der Waals surface area (Å²) >= 11 is 6.25. The number of rotatable bonds is 5. The zero-order chi connectivity index (χ0) is 23.5. The Hall–Kier alpha value is -4.08. The molecule has 0 fully saturated rings. The van der Waals surface area contributed by atoms with Gasteiger partial charge in [-0.25, -0.2) is 0 Å². The van der Waals surface area contributed by atoms with Gasteiger partial charge in [0, 0.05) is 11.1 Å². The molecule has 0 N–H and O–H groups in total. The Kier molecular flexibility index (Phi) is 6.16. The van der Waals surface area contributed by atoms with Crippen LogP contribution in [0.3, 0.4) is 0 Å². The molecular formula is C26H19ClN2O4. The van der Waals surface area contributed by atoms with E-state index in [1.807, 2.05) is 24.3 Å². The number of hydrogen-bond acceptors (Lipinski definition) is 5. The molecule has 0 spiro atoms. The van der Waals surface area contributed by atoms with Crippen LogP contribution in [0.4, 0.5) is 0 Å². The molecule has 0 saturated heterocycles. The van der Waals surface area contributed by atoms with E-state index in [4.69, 9.17) is 20.8 Å². The van der Waals surface area contributed by atoms with Crippen LogP contribution in [-0.2, 0) is 16.1 Å². The predicted molar refractivity (Wildman–Crippen MR) is 124 cm³/mol. The number of furan rings is 1. The number of nitrogens with zero attached hydrogens (tertiary/aromatic N) is 2. The maximum Gasteiger partial charge on any atom is 0.271 e. The lowest BCUT2D eigenvalue weighted by molar-refractivity contribution is -0.141. The molecule has 164 valence electrons. The Bertz CT molecular complexity index is 1340. The van der Waals surface area contributed by atoms with Gasteiger partial charge in [0.05, 0.1) is 18.7 Å². The van der Waals surface area contributed by atoms with Crippen LogP contribution in [-0.4, -0.2) is 23.8 Å². The fourth-order valence-electron chi connectivity index (χ4n) is 3.57. The number of hydrogen-bond donors (Lipinski definition) is 0. The summed E-state index contributed by atoms with van der Waals surface area (Å²) in [5, 5.41) is 10.1. The minimum Gasteiger partial charge on any atom is -0.497 e. The summed E-state index contributed by atoms with van der Waals surface area (Å²) in [7, 11) is 1.56. The summed E-state index contributed by atoms with van der Waals surface area (Å²) in [6.07, 6.45) is 1.54. The Balaban J connectivity index is 1.70. The molecular weight excluding hydrogens is 440 g/mol. The van der Waals surface area contributed by atoms with E-state index in [9.17, 15) is 14.9 Å². The molecule has 3 aromatic rings. The third-order valence-electron chi connectivity index (χ3n) is 5.38. The highest BCUT2D eigenvalue weighted by atomic mass is 35.5. The summed E-state index contributed by atoms with van der Waals surface area (Å²) in [5.74, 6) is 0.496. The van der Waals surface area contributed by atoms with Crippen molar-refractivity contribution >= 4 is 29.5 Å². The van der Waals surface area contributed by atoms with Crippen LogP contribution in [0, 0.1) is 11.3 Å². The summed E-state index contributed by atoms with van der Waals surface area (Å²) in [4.78, 5) is 27.2. The van der Waals surface area contributed by atoms with Crippen LogP contribution in [0.1, 0.15) is 18.2 Å². The molecule has 2 aromatic carbocycles. The number of halogens is 1. The van der Waals surface area contributed by atoms with Gasteiger partial charge in [0.15, 0.2) is 0 Å². The molecule has 4 rings (SSSR count). The largest absolute Gasteiger partial charge is 0.497 e. The van der Waals surface area contributed by atoms with E-state index in [0.717, 1.165) is 16.0 Å². The highest BCUT2D eigenvalue weighted by Crippen LogP contribution is 2.32. The molecule has 0 saturated carbocycles. The quantitative estimate of drug-likeness (QED) is 0.377. The number of methoxy groups -OCH3 is 1. The molecule has 0 atom stereocenters. The molecule has 7 heteroatoms. The van der Waals surface area contributed by atoms with Gasteiger partial charge in [0.1, 0.15) is 28.9 Å². The van der Waals surface area contributed by atoms with Crippen LogP contribution in [0.2, 0.25) is 5.02 Å². The SMILES string of the molecule is COc1ccc(CN2C(=O)C(C#N)=C(C)/C(=C\c3ccc(-c4ccccc4Cl)o3)C2=O)cc1. The van der Waals surface area contributed by atoms with Crippen molar-refractivity contribution in [1.29, 1.82) is 5.26 Å². The normalized spacial score (nSPS) is 15.2. The van der Waals surface area contributed by atoms with Crippen molar-refractivity contribution in [2.24, 2.45) is 0 Å². The van der Waals surface area contributed by atoms with Crippen molar-refractivity contribution in [2.75, 3.05) is 7.11 Å². The second-order valence-electron chi connectivity index (χ2n) is 7.40. The lowest BCUT2D eigenvalue weighted by Gasteiger charge is -2.27. The van der Waals surface area contributed by atoms with Gasteiger partial charge in [-0.15, -0.1) is 0 Å². The fourth-order valence-corrected chi connectivity index (χ4v) is 3.79. The van der Waals surface area contributed by atoms with Crippen LogP contribution in [0.15, 0.2) is 81.8 Å². The molecule has 1 aliphatic rings. The van der Waals surface area contributed by atoms with Crippen molar-refractivity contribution < 1.29 is 18.7 Å². The number of carbonyl (C=O) groups is 2. The van der Waals surface area contributed by atoms with E-state index < -0.39 is 11.8 Å². The minimum atomic E-state index is -0.621. The number of ether oxygens (including phenoxy) is 1. The molecule has 33 heavy (non-hydrogen) atoms. The van der Waals surface area contributed by atoms with Gasteiger partial charge < -0.3 is 9.15 Å². The average molecular weight is 459 g/mol. The minimum absolute atomic E-state index is 0.0283. The van der Waals surface area contributed by atoms with Crippen molar-refractivity contribution in [3.05, 3.63) is 93.7 Å². The molecule has 2 amide bonds. The Labute approximate surface area is 195 Å². The first kappa shape index (κ1) is 22.1. The Morgan fingerprint density at radius 1 is 1.06 bits per heavy atom. The van der Waals surface area contributed by atoms with E-state index in [-0.39, 0.29) is 17.7 Å². The third-order valence-corrected chi connectivity index (χ3v) is 5.71. The van der Waals surface area contributed by atoms with Crippen molar-refractivity contribution in [3.63, 3.8) is 0 Å². The molecule has 0 radical (unpaired) electrons. The van der Waals surface area contributed by atoms with Crippen molar-refractivity contribution in [1.82, 2.24) is 4.90 Å². The lowest BCUT2D eigenvalue weighted by atomic mass is 9.94. The number of benzene rings is 2. The van der Waals surface area contributed by atoms with Gasteiger partial charge in [-0.1, -0.05) is 35.9 Å². The molecule has 1 aromatic heterocycles. The van der Waals surface area contributed by atoms with Crippen LogP contribution < -0.4 is 4.74 Å². The highest BCUT2D eigenvalue weighted by molar-refractivity contribution is 6.33. The molecule has 0 unspecified atom stereocenters. The predicted octanol–water partition coefficient (Wildman–Crippen LogP) is 5.40. The topological polar surface area (TPSA) is 83.5 Å². The monoisotopic (exact) mass is 458 g/mol. The molecule has 0 bridgehead atoms. The number of imide groups is 1. The standard InChI is InChI=1S/C26H19ClN2O4/c1-16-21(13-19-11-12-24(33-19)20-5-3-4-6-23(20)27)25(30)29(26(31)22(16)14-28)15-17-7-9-18(32-2)10-8-17/h3-13H,15H2,1-2H3/b21-13+. The van der Waals surface area contributed by atoms with E-state index in [0.29, 0.717) is 27.9 Å². The van der Waals surface area contributed by atoms with Gasteiger partial charge in [-0.05, 0) is 60.5 Å². The van der Waals surface area contributed by atoms with Crippen LogP contribution >= 0.6 is 11.6 Å².